The summed E-state index contributed by atoms with van der Waals surface area (Å²) in [6.07, 6.45) is 0. The highest BCUT2D eigenvalue weighted by Crippen LogP contribution is 2.24. The van der Waals surface area contributed by atoms with Crippen LogP contribution in [-0.2, 0) is 10.0 Å². The topological polar surface area (TPSA) is 72.2 Å². The van der Waals surface area contributed by atoms with Crippen molar-refractivity contribution in [2.45, 2.75) is 24.8 Å². The van der Waals surface area contributed by atoms with Crippen molar-refractivity contribution in [1.82, 2.24) is 0 Å². The zero-order valence-corrected chi connectivity index (χ0v) is 14.2. The molecule has 0 aromatic heterocycles. The summed E-state index contributed by atoms with van der Waals surface area (Å²) in [5, 5.41) is 8.52. The third-order valence-corrected chi connectivity index (χ3v) is 4.48. The lowest BCUT2D eigenvalue weighted by atomic mass is 10.1. The zero-order chi connectivity index (χ0) is 15.6. The third-order valence-electron chi connectivity index (χ3n) is 3.11. The summed E-state index contributed by atoms with van der Waals surface area (Å²) in [6.45, 7) is 3.99. The van der Waals surface area contributed by atoms with Gasteiger partial charge < -0.3 is 5.32 Å². The number of halogens is 1. The highest BCUT2D eigenvalue weighted by Gasteiger charge is 2.11. The Bertz CT molecular complexity index is 740. The maximum absolute atomic E-state index is 11.4. The standard InChI is InChI=1S/C15H17BrN2O2S/c1-10-6-13(16)9-14(7-10)18-11(2)12-4-3-5-15(8-12)21(17,19)20/h3-9,11,18H,1-2H3,(H2,17,19,20). The van der Waals surface area contributed by atoms with Gasteiger partial charge in [-0.3, -0.25) is 0 Å². The Labute approximate surface area is 133 Å². The SMILES string of the molecule is Cc1cc(Br)cc(NC(C)c2cccc(S(N)(=O)=O)c2)c1. The van der Waals surface area contributed by atoms with Crippen LogP contribution in [0.3, 0.4) is 0 Å². The highest BCUT2D eigenvalue weighted by atomic mass is 79.9. The molecular formula is C15H17BrN2O2S. The van der Waals surface area contributed by atoms with Crippen molar-refractivity contribution >= 4 is 31.6 Å². The first-order valence-corrected chi connectivity index (χ1v) is 8.76. The van der Waals surface area contributed by atoms with E-state index in [1.165, 1.54) is 6.07 Å². The number of benzene rings is 2. The Balaban J connectivity index is 2.26. The van der Waals surface area contributed by atoms with Crippen molar-refractivity contribution in [2.75, 3.05) is 5.32 Å². The predicted molar refractivity (Wildman–Crippen MR) is 88.7 cm³/mol. The second-order valence-corrected chi connectivity index (χ2v) is 7.48. The molecule has 112 valence electrons. The minimum absolute atomic E-state index is 0.0413. The lowest BCUT2D eigenvalue weighted by Gasteiger charge is -2.17. The molecule has 0 aliphatic heterocycles. The molecule has 0 saturated carbocycles. The lowest BCUT2D eigenvalue weighted by Crippen LogP contribution is -2.13. The fourth-order valence-corrected chi connectivity index (χ4v) is 3.29. The van der Waals surface area contributed by atoms with Crippen LogP contribution < -0.4 is 10.5 Å². The summed E-state index contributed by atoms with van der Waals surface area (Å²) >= 11 is 3.46. The molecule has 0 radical (unpaired) electrons. The van der Waals surface area contributed by atoms with Gasteiger partial charge in [-0.2, -0.15) is 0 Å². The molecule has 2 aromatic carbocycles. The predicted octanol–water partition coefficient (Wildman–Crippen LogP) is 3.58. The summed E-state index contributed by atoms with van der Waals surface area (Å²) < 4.78 is 23.8. The molecule has 2 rings (SSSR count). The summed E-state index contributed by atoms with van der Waals surface area (Å²) in [6, 6.07) is 12.7. The normalized spacial score (nSPS) is 13.0. The Morgan fingerprint density at radius 3 is 2.52 bits per heavy atom. The average Bonchev–Trinajstić information content (AvgIpc) is 2.36. The van der Waals surface area contributed by atoms with Gasteiger partial charge in [0.2, 0.25) is 10.0 Å². The van der Waals surface area contributed by atoms with Gasteiger partial charge >= 0.3 is 0 Å². The molecule has 0 fully saturated rings. The maximum atomic E-state index is 11.4. The van der Waals surface area contributed by atoms with Gasteiger partial charge in [0, 0.05) is 16.2 Å². The van der Waals surface area contributed by atoms with Crippen molar-refractivity contribution in [3.8, 4) is 0 Å². The number of anilines is 1. The number of aryl methyl sites for hydroxylation is 1. The van der Waals surface area contributed by atoms with Gasteiger partial charge in [0.15, 0.2) is 0 Å². The second-order valence-electron chi connectivity index (χ2n) is 5.00. The molecule has 0 heterocycles. The van der Waals surface area contributed by atoms with Crippen molar-refractivity contribution in [3.05, 3.63) is 58.1 Å². The first-order valence-electron chi connectivity index (χ1n) is 6.42. The van der Waals surface area contributed by atoms with Crippen LogP contribution in [-0.4, -0.2) is 8.42 Å². The van der Waals surface area contributed by atoms with Crippen molar-refractivity contribution in [1.29, 1.82) is 0 Å². The van der Waals surface area contributed by atoms with Gasteiger partial charge in [-0.1, -0.05) is 28.1 Å². The molecule has 0 saturated heterocycles. The Morgan fingerprint density at radius 1 is 1.19 bits per heavy atom. The zero-order valence-electron chi connectivity index (χ0n) is 11.8. The smallest absolute Gasteiger partial charge is 0.238 e. The van der Waals surface area contributed by atoms with Crippen LogP contribution in [0.5, 0.6) is 0 Å². The summed E-state index contributed by atoms with van der Waals surface area (Å²) in [5.41, 5.74) is 2.96. The molecule has 0 spiro atoms. The quantitative estimate of drug-likeness (QED) is 0.865. The van der Waals surface area contributed by atoms with Gasteiger partial charge in [-0.25, -0.2) is 13.6 Å². The van der Waals surface area contributed by atoms with E-state index in [-0.39, 0.29) is 10.9 Å². The van der Waals surface area contributed by atoms with E-state index >= 15 is 0 Å². The molecular weight excluding hydrogens is 352 g/mol. The average molecular weight is 369 g/mol. The van der Waals surface area contributed by atoms with Crippen molar-refractivity contribution < 1.29 is 8.42 Å². The Kier molecular flexibility index (Phi) is 4.70. The van der Waals surface area contributed by atoms with Crippen LogP contribution in [0.1, 0.15) is 24.1 Å². The van der Waals surface area contributed by atoms with E-state index in [9.17, 15) is 8.42 Å². The first kappa shape index (κ1) is 16.0. The first-order chi connectivity index (χ1) is 9.75. The molecule has 4 nitrogen and oxygen atoms in total. The number of primary sulfonamides is 1. The third kappa shape index (κ3) is 4.30. The van der Waals surface area contributed by atoms with Gasteiger partial charge in [0.05, 0.1) is 4.90 Å². The summed E-state index contributed by atoms with van der Waals surface area (Å²) in [7, 11) is -3.68. The van der Waals surface area contributed by atoms with E-state index in [1.54, 1.807) is 12.1 Å². The van der Waals surface area contributed by atoms with E-state index in [4.69, 9.17) is 5.14 Å². The molecule has 21 heavy (non-hydrogen) atoms. The van der Waals surface area contributed by atoms with E-state index in [0.29, 0.717) is 0 Å². The van der Waals surface area contributed by atoms with Crippen LogP contribution >= 0.6 is 15.9 Å². The van der Waals surface area contributed by atoms with Gasteiger partial charge in [-0.05, 0) is 55.3 Å². The molecule has 6 heteroatoms. The van der Waals surface area contributed by atoms with Gasteiger partial charge in [0.25, 0.3) is 0 Å². The Hall–Kier alpha value is -1.37. The molecule has 2 aromatic rings. The number of sulfonamides is 1. The fourth-order valence-electron chi connectivity index (χ4n) is 2.11. The lowest BCUT2D eigenvalue weighted by molar-refractivity contribution is 0.597. The number of nitrogens with one attached hydrogen (secondary N) is 1. The molecule has 0 amide bonds. The van der Waals surface area contributed by atoms with Crippen LogP contribution in [0.15, 0.2) is 51.8 Å². The summed E-state index contributed by atoms with van der Waals surface area (Å²) in [5.74, 6) is 0. The van der Waals surface area contributed by atoms with Crippen molar-refractivity contribution in [2.24, 2.45) is 5.14 Å². The second kappa shape index (κ2) is 6.17. The minimum atomic E-state index is -3.68. The molecule has 0 bridgehead atoms. The van der Waals surface area contributed by atoms with Crippen molar-refractivity contribution in [3.63, 3.8) is 0 Å². The number of hydrogen-bond acceptors (Lipinski definition) is 3. The maximum Gasteiger partial charge on any atom is 0.238 e. The summed E-state index contributed by atoms with van der Waals surface area (Å²) in [4.78, 5) is 0.124. The van der Waals surface area contributed by atoms with E-state index < -0.39 is 10.0 Å². The number of nitrogens with two attached hydrogens (primary N) is 1. The van der Waals surface area contributed by atoms with Gasteiger partial charge in [-0.15, -0.1) is 0 Å². The van der Waals surface area contributed by atoms with Crippen LogP contribution in [0, 0.1) is 6.92 Å². The largest absolute Gasteiger partial charge is 0.378 e. The van der Waals surface area contributed by atoms with Crippen LogP contribution in [0.2, 0.25) is 0 Å². The molecule has 1 unspecified atom stereocenters. The number of rotatable bonds is 4. The Morgan fingerprint density at radius 2 is 1.90 bits per heavy atom. The fraction of sp³-hybridized carbons (Fsp3) is 0.200. The van der Waals surface area contributed by atoms with E-state index in [2.05, 4.69) is 21.2 Å². The van der Waals surface area contributed by atoms with Gasteiger partial charge in [0.1, 0.15) is 0 Å². The molecule has 0 aliphatic rings. The number of hydrogen-bond donors (Lipinski definition) is 2. The van der Waals surface area contributed by atoms with E-state index in [0.717, 1.165) is 21.3 Å². The highest BCUT2D eigenvalue weighted by molar-refractivity contribution is 9.10. The van der Waals surface area contributed by atoms with E-state index in [1.807, 2.05) is 38.1 Å². The monoisotopic (exact) mass is 368 g/mol. The molecule has 0 aliphatic carbocycles. The van der Waals surface area contributed by atoms with Crippen LogP contribution in [0.4, 0.5) is 5.69 Å². The minimum Gasteiger partial charge on any atom is -0.378 e. The van der Waals surface area contributed by atoms with Crippen LogP contribution in [0.25, 0.3) is 0 Å². The molecule has 3 N–H and O–H groups in total. The molecule has 1 atom stereocenters.